The normalized spacial score (nSPS) is 11.8. The molecule has 0 bridgehead atoms. The van der Waals surface area contributed by atoms with Gasteiger partial charge in [0.1, 0.15) is 13.2 Å². The number of nitrogens with two attached hydrogens (primary N) is 2. The van der Waals surface area contributed by atoms with E-state index in [2.05, 4.69) is 97.1 Å². The lowest BCUT2D eigenvalue weighted by Crippen LogP contribution is -2.11. The van der Waals surface area contributed by atoms with Gasteiger partial charge in [-0.25, -0.2) is 9.59 Å². The molecular formula is C48H32N2O4. The lowest BCUT2D eigenvalue weighted by Gasteiger charge is -2.17. The number of esters is 2. The van der Waals surface area contributed by atoms with Crippen molar-refractivity contribution in [3.05, 3.63) is 168 Å². The van der Waals surface area contributed by atoms with E-state index in [9.17, 15) is 9.59 Å². The lowest BCUT2D eigenvalue weighted by molar-refractivity contribution is 0.0464. The van der Waals surface area contributed by atoms with Crippen LogP contribution in [0.5, 0.6) is 0 Å². The van der Waals surface area contributed by atoms with Gasteiger partial charge in [0.15, 0.2) is 0 Å². The summed E-state index contributed by atoms with van der Waals surface area (Å²) >= 11 is 0. The molecule has 0 aliphatic carbocycles. The van der Waals surface area contributed by atoms with Crippen LogP contribution in [0.1, 0.15) is 31.8 Å². The molecule has 4 N–H and O–H groups in total. The van der Waals surface area contributed by atoms with E-state index < -0.39 is 11.9 Å². The summed E-state index contributed by atoms with van der Waals surface area (Å²) in [6.45, 7) is 0.106. The Balaban J connectivity index is 0.959. The number of ether oxygens (including phenoxy) is 2. The van der Waals surface area contributed by atoms with Crippen molar-refractivity contribution in [2.45, 2.75) is 13.2 Å². The Bertz CT molecular complexity index is 2890. The molecule has 10 rings (SSSR count). The Morgan fingerprint density at radius 2 is 0.759 bits per heavy atom. The number of hydrogen-bond donors (Lipinski definition) is 2. The van der Waals surface area contributed by atoms with E-state index in [1.807, 2.05) is 12.1 Å². The first-order valence-electron chi connectivity index (χ1n) is 17.9. The molecule has 0 aromatic heterocycles. The van der Waals surface area contributed by atoms with Gasteiger partial charge in [-0.15, -0.1) is 0 Å². The number of carbonyl (C=O) groups excluding carboxylic acids is 2. The second-order valence-electron chi connectivity index (χ2n) is 13.9. The fourth-order valence-corrected chi connectivity index (χ4v) is 8.22. The largest absolute Gasteiger partial charge is 0.457 e. The van der Waals surface area contributed by atoms with E-state index in [-0.39, 0.29) is 24.3 Å². The molecule has 10 aromatic rings. The molecule has 0 amide bonds. The summed E-state index contributed by atoms with van der Waals surface area (Å²) < 4.78 is 12.0. The molecule has 0 saturated carbocycles. The maximum atomic E-state index is 13.9. The minimum atomic E-state index is -0.562. The van der Waals surface area contributed by atoms with Crippen molar-refractivity contribution in [2.24, 2.45) is 0 Å². The lowest BCUT2D eigenvalue weighted by atomic mass is 9.92. The van der Waals surface area contributed by atoms with Gasteiger partial charge in [-0.05, 0) is 111 Å². The zero-order valence-electron chi connectivity index (χ0n) is 29.1. The second kappa shape index (κ2) is 12.2. The fraction of sp³-hybridized carbons (Fsp3) is 0.0417. The van der Waals surface area contributed by atoms with Crippen LogP contribution in [0.3, 0.4) is 0 Å². The molecule has 0 fully saturated rings. The SMILES string of the molecule is Nc1ccc(-c2ccc(N)cc2C(=O)OCc2ccc3ccc4cccc5ccc2c3c45)c(C(=O)OCc2ccc3ccc4cccc5ccc2c3c45)c1. The molecule has 0 aliphatic rings. The van der Waals surface area contributed by atoms with Crippen LogP contribution >= 0.6 is 0 Å². The summed E-state index contributed by atoms with van der Waals surface area (Å²) in [5.41, 5.74) is 16.5. The number of anilines is 2. The van der Waals surface area contributed by atoms with Gasteiger partial charge in [-0.1, -0.05) is 121 Å². The highest BCUT2D eigenvalue weighted by molar-refractivity contribution is 6.24. The number of carbonyl (C=O) groups is 2. The Morgan fingerprint density at radius 1 is 0.407 bits per heavy atom. The number of hydrogen-bond acceptors (Lipinski definition) is 6. The quantitative estimate of drug-likeness (QED) is 0.0974. The molecule has 0 unspecified atom stereocenters. The van der Waals surface area contributed by atoms with E-state index in [0.29, 0.717) is 22.5 Å². The highest BCUT2D eigenvalue weighted by atomic mass is 16.5. The van der Waals surface area contributed by atoms with Gasteiger partial charge >= 0.3 is 11.9 Å². The monoisotopic (exact) mass is 700 g/mol. The maximum absolute atomic E-state index is 13.9. The van der Waals surface area contributed by atoms with Crippen molar-refractivity contribution in [1.29, 1.82) is 0 Å². The molecule has 6 nitrogen and oxygen atoms in total. The van der Waals surface area contributed by atoms with Gasteiger partial charge in [0.2, 0.25) is 0 Å². The van der Waals surface area contributed by atoms with Gasteiger partial charge in [0.05, 0.1) is 11.1 Å². The standard InChI is InChI=1S/C48H32N2O4/c49-35-17-21-39(41(23-35)47(51)53-25-33-13-11-31-9-7-27-3-1-5-29-15-19-37(33)45(31)43(27)29)40-22-18-36(50)24-42(40)48(52)54-26-34-14-12-32-10-8-28-4-2-6-30-16-20-38(34)46(32)44(28)30/h1-24H,25-26,49-50H2. The molecule has 10 aromatic carbocycles. The van der Waals surface area contributed by atoms with Crippen molar-refractivity contribution >= 4 is 87.9 Å². The smallest absolute Gasteiger partial charge is 0.339 e. The molecule has 0 atom stereocenters. The third kappa shape index (κ3) is 5.03. The summed E-state index contributed by atoms with van der Waals surface area (Å²) in [5, 5.41) is 13.7. The summed E-state index contributed by atoms with van der Waals surface area (Å²) in [7, 11) is 0. The van der Waals surface area contributed by atoms with Gasteiger partial charge in [0.25, 0.3) is 0 Å². The molecule has 0 spiro atoms. The first kappa shape index (κ1) is 31.5. The minimum Gasteiger partial charge on any atom is -0.457 e. The van der Waals surface area contributed by atoms with Crippen LogP contribution in [0.2, 0.25) is 0 Å². The van der Waals surface area contributed by atoms with Crippen LogP contribution in [0.25, 0.3) is 75.8 Å². The van der Waals surface area contributed by atoms with Crippen LogP contribution in [0, 0.1) is 0 Å². The zero-order chi connectivity index (χ0) is 36.5. The topological polar surface area (TPSA) is 105 Å². The first-order chi connectivity index (χ1) is 26.4. The Kier molecular flexibility index (Phi) is 7.13. The predicted octanol–water partition coefficient (Wildman–Crippen LogP) is 11.0. The number of benzene rings is 10. The van der Waals surface area contributed by atoms with Crippen LogP contribution < -0.4 is 11.5 Å². The maximum Gasteiger partial charge on any atom is 0.339 e. The van der Waals surface area contributed by atoms with Crippen molar-refractivity contribution < 1.29 is 19.1 Å². The van der Waals surface area contributed by atoms with Crippen LogP contribution in [-0.4, -0.2) is 11.9 Å². The van der Waals surface area contributed by atoms with E-state index in [0.717, 1.165) is 65.0 Å². The molecule has 6 heteroatoms. The number of nitrogen functional groups attached to an aromatic ring is 2. The summed E-state index contributed by atoms with van der Waals surface area (Å²) in [5.74, 6) is -1.12. The highest BCUT2D eigenvalue weighted by Crippen LogP contribution is 2.38. The Hall–Kier alpha value is -7.18. The first-order valence-corrected chi connectivity index (χ1v) is 17.9. The van der Waals surface area contributed by atoms with Crippen LogP contribution in [-0.2, 0) is 22.7 Å². The molecule has 0 saturated heterocycles. The van der Waals surface area contributed by atoms with Crippen molar-refractivity contribution in [3.63, 3.8) is 0 Å². The fourth-order valence-electron chi connectivity index (χ4n) is 8.22. The van der Waals surface area contributed by atoms with Gasteiger partial charge in [-0.3, -0.25) is 0 Å². The molecule has 258 valence electrons. The summed E-state index contributed by atoms with van der Waals surface area (Å²) in [6, 6.07) is 47.7. The van der Waals surface area contributed by atoms with E-state index in [1.54, 1.807) is 36.4 Å². The molecule has 54 heavy (non-hydrogen) atoms. The summed E-state index contributed by atoms with van der Waals surface area (Å²) in [6.07, 6.45) is 0. The van der Waals surface area contributed by atoms with E-state index in [1.165, 1.54) is 10.8 Å². The van der Waals surface area contributed by atoms with E-state index >= 15 is 0 Å². The van der Waals surface area contributed by atoms with E-state index in [4.69, 9.17) is 20.9 Å². The van der Waals surface area contributed by atoms with Gasteiger partial charge in [-0.2, -0.15) is 0 Å². The average molecular weight is 701 g/mol. The van der Waals surface area contributed by atoms with Gasteiger partial charge in [0, 0.05) is 11.4 Å². The predicted molar refractivity (Wildman–Crippen MR) is 219 cm³/mol. The van der Waals surface area contributed by atoms with Crippen LogP contribution in [0.15, 0.2) is 146 Å². The Labute approximate surface area is 309 Å². The molecule has 0 heterocycles. The van der Waals surface area contributed by atoms with Gasteiger partial charge < -0.3 is 20.9 Å². The third-order valence-corrected chi connectivity index (χ3v) is 10.8. The molecule has 0 aliphatic heterocycles. The van der Waals surface area contributed by atoms with Crippen molar-refractivity contribution in [3.8, 4) is 11.1 Å². The number of rotatable bonds is 7. The second-order valence-corrected chi connectivity index (χ2v) is 13.9. The van der Waals surface area contributed by atoms with Crippen LogP contribution in [0.4, 0.5) is 11.4 Å². The van der Waals surface area contributed by atoms with Crippen molar-refractivity contribution in [1.82, 2.24) is 0 Å². The zero-order valence-corrected chi connectivity index (χ0v) is 29.1. The average Bonchev–Trinajstić information content (AvgIpc) is 3.20. The Morgan fingerprint density at radius 3 is 1.17 bits per heavy atom. The summed E-state index contributed by atoms with van der Waals surface area (Å²) in [4.78, 5) is 27.9. The molecular weight excluding hydrogens is 669 g/mol. The van der Waals surface area contributed by atoms with Crippen molar-refractivity contribution in [2.75, 3.05) is 11.5 Å². The third-order valence-electron chi connectivity index (χ3n) is 10.8. The minimum absolute atomic E-state index is 0.0528. The highest BCUT2D eigenvalue weighted by Gasteiger charge is 2.22. The molecule has 0 radical (unpaired) electrons.